The molecule has 0 spiro atoms. The van der Waals surface area contributed by atoms with E-state index in [4.69, 9.17) is 0 Å². The van der Waals surface area contributed by atoms with Crippen molar-refractivity contribution < 1.29 is 13.2 Å². The molecule has 1 aromatic rings. The minimum Gasteiger partial charge on any atom is -0.373 e. The third-order valence-electron chi connectivity index (χ3n) is 2.23. The van der Waals surface area contributed by atoms with Gasteiger partial charge < -0.3 is 5.32 Å². The maximum Gasteiger partial charge on any atom is 0.433 e. The van der Waals surface area contributed by atoms with Crippen LogP contribution < -0.4 is 5.32 Å². The molecule has 0 aliphatic heterocycles. The van der Waals surface area contributed by atoms with Crippen molar-refractivity contribution in [2.24, 2.45) is 0 Å². The Morgan fingerprint density at radius 2 is 1.94 bits per heavy atom. The average Bonchev–Trinajstić information content (AvgIpc) is 2.99. The van der Waals surface area contributed by atoms with Gasteiger partial charge in [-0.05, 0) is 12.8 Å². The zero-order chi connectivity index (χ0) is 11.1. The number of anilines is 1. The van der Waals surface area contributed by atoms with Gasteiger partial charge in [-0.25, -0.2) is 9.97 Å². The summed E-state index contributed by atoms with van der Waals surface area (Å²) in [4.78, 5) is 7.54. The molecular weight excluding hydrogens is 243 g/mol. The number of nitrogens with one attached hydrogen (secondary N) is 1. The molecule has 1 aliphatic carbocycles. The maximum absolute atomic E-state index is 12.4. The van der Waals surface area contributed by atoms with Crippen LogP contribution in [0.4, 0.5) is 19.0 Å². The Labute approximate surface area is 96.9 Å². The Morgan fingerprint density at radius 3 is 2.38 bits per heavy atom. The Bertz CT molecular complexity index is 377. The van der Waals surface area contributed by atoms with Crippen LogP contribution in [-0.4, -0.2) is 17.0 Å². The zero-order valence-corrected chi connectivity index (χ0v) is 9.32. The maximum atomic E-state index is 12.4. The van der Waals surface area contributed by atoms with Gasteiger partial charge in [0.2, 0.25) is 0 Å². The van der Waals surface area contributed by atoms with E-state index in [9.17, 15) is 13.2 Å². The molecule has 0 saturated heterocycles. The molecule has 1 aromatic heterocycles. The Morgan fingerprint density at radius 1 is 1.31 bits per heavy atom. The summed E-state index contributed by atoms with van der Waals surface area (Å²) in [6.45, 7) is 0. The van der Waals surface area contributed by atoms with Crippen LogP contribution in [0.3, 0.4) is 0 Å². The van der Waals surface area contributed by atoms with Crippen molar-refractivity contribution in [2.75, 3.05) is 12.4 Å². The fourth-order valence-electron chi connectivity index (χ4n) is 1.26. The summed E-state index contributed by atoms with van der Waals surface area (Å²) >= 11 is 0. The van der Waals surface area contributed by atoms with E-state index < -0.39 is 11.9 Å². The van der Waals surface area contributed by atoms with Gasteiger partial charge in [-0.3, -0.25) is 0 Å². The Balaban J connectivity index is 0.00000128. The molecule has 0 aromatic carbocycles. The number of aromatic nitrogens is 2. The highest BCUT2D eigenvalue weighted by molar-refractivity contribution is 5.85. The number of rotatable bonds is 2. The summed E-state index contributed by atoms with van der Waals surface area (Å²) in [5, 5.41) is 2.61. The van der Waals surface area contributed by atoms with Crippen LogP contribution in [0.25, 0.3) is 0 Å². The highest BCUT2D eigenvalue weighted by Gasteiger charge is 2.36. The third kappa shape index (κ3) is 2.75. The van der Waals surface area contributed by atoms with Gasteiger partial charge in [-0.15, -0.1) is 12.4 Å². The van der Waals surface area contributed by atoms with Crippen LogP contribution in [0.1, 0.15) is 30.3 Å². The van der Waals surface area contributed by atoms with E-state index in [2.05, 4.69) is 15.3 Å². The first-order chi connectivity index (χ1) is 7.00. The van der Waals surface area contributed by atoms with Crippen LogP contribution in [0, 0.1) is 0 Å². The Kier molecular flexibility index (Phi) is 3.62. The van der Waals surface area contributed by atoms with Crippen LogP contribution in [0.15, 0.2) is 6.07 Å². The minimum atomic E-state index is -4.40. The lowest BCUT2D eigenvalue weighted by Crippen LogP contribution is -2.12. The van der Waals surface area contributed by atoms with Crippen LogP contribution in [0.2, 0.25) is 0 Å². The molecular formula is C9H11ClF3N3. The molecule has 0 atom stereocenters. The molecule has 1 fully saturated rings. The molecule has 7 heteroatoms. The van der Waals surface area contributed by atoms with Gasteiger partial charge >= 0.3 is 6.18 Å². The van der Waals surface area contributed by atoms with Crippen molar-refractivity contribution in [3.8, 4) is 0 Å². The zero-order valence-electron chi connectivity index (χ0n) is 8.51. The predicted octanol–water partition coefficient (Wildman–Crippen LogP) is 2.84. The van der Waals surface area contributed by atoms with E-state index in [0.717, 1.165) is 18.9 Å². The van der Waals surface area contributed by atoms with Crippen molar-refractivity contribution in [1.29, 1.82) is 0 Å². The van der Waals surface area contributed by atoms with E-state index in [0.29, 0.717) is 5.82 Å². The van der Waals surface area contributed by atoms with E-state index >= 15 is 0 Å². The summed E-state index contributed by atoms with van der Waals surface area (Å²) < 4.78 is 37.3. The van der Waals surface area contributed by atoms with Crippen molar-refractivity contribution in [1.82, 2.24) is 9.97 Å². The SMILES string of the molecule is CNc1cc(C(F)(F)F)nc(C2CC2)n1.Cl. The van der Waals surface area contributed by atoms with Gasteiger partial charge in [0, 0.05) is 19.0 Å². The van der Waals surface area contributed by atoms with Crippen LogP contribution in [-0.2, 0) is 6.18 Å². The molecule has 90 valence electrons. The lowest BCUT2D eigenvalue weighted by atomic mass is 10.3. The third-order valence-corrected chi connectivity index (χ3v) is 2.23. The van der Waals surface area contributed by atoms with Gasteiger partial charge in [-0.1, -0.05) is 0 Å². The largest absolute Gasteiger partial charge is 0.433 e. The van der Waals surface area contributed by atoms with E-state index in [1.54, 1.807) is 7.05 Å². The number of halogens is 4. The van der Waals surface area contributed by atoms with Gasteiger partial charge in [-0.2, -0.15) is 13.2 Å². The second-order valence-electron chi connectivity index (χ2n) is 3.52. The molecule has 1 saturated carbocycles. The first-order valence-corrected chi connectivity index (χ1v) is 4.64. The van der Waals surface area contributed by atoms with E-state index in [-0.39, 0.29) is 24.1 Å². The minimum absolute atomic E-state index is 0. The summed E-state index contributed by atoms with van der Waals surface area (Å²) in [5.74, 6) is 0.632. The molecule has 0 unspecified atom stereocenters. The normalized spacial score (nSPS) is 15.5. The van der Waals surface area contributed by atoms with Gasteiger partial charge in [0.25, 0.3) is 0 Å². The first kappa shape index (κ1) is 13.0. The number of hydrogen-bond donors (Lipinski definition) is 1. The molecule has 0 bridgehead atoms. The smallest absolute Gasteiger partial charge is 0.373 e. The first-order valence-electron chi connectivity index (χ1n) is 4.64. The van der Waals surface area contributed by atoms with Crippen LogP contribution in [0.5, 0.6) is 0 Å². The number of hydrogen-bond acceptors (Lipinski definition) is 3. The highest BCUT2D eigenvalue weighted by Crippen LogP contribution is 2.39. The lowest BCUT2D eigenvalue weighted by Gasteiger charge is -2.09. The summed E-state index contributed by atoms with van der Waals surface area (Å²) in [6.07, 6.45) is -2.65. The molecule has 1 heterocycles. The second-order valence-corrected chi connectivity index (χ2v) is 3.52. The predicted molar refractivity (Wildman–Crippen MR) is 55.8 cm³/mol. The molecule has 2 rings (SSSR count). The van der Waals surface area contributed by atoms with E-state index in [1.807, 2.05) is 0 Å². The molecule has 0 amide bonds. The van der Waals surface area contributed by atoms with E-state index in [1.165, 1.54) is 0 Å². The van der Waals surface area contributed by atoms with Crippen molar-refractivity contribution >= 4 is 18.2 Å². The Hall–Kier alpha value is -1.04. The average molecular weight is 254 g/mol. The van der Waals surface area contributed by atoms with Gasteiger partial charge in [0.1, 0.15) is 17.3 Å². The monoisotopic (exact) mass is 253 g/mol. The fourth-order valence-corrected chi connectivity index (χ4v) is 1.26. The standard InChI is InChI=1S/C9H10F3N3.ClH/c1-13-7-4-6(9(10,11)12)14-8(15-7)5-2-3-5;/h4-5H,2-3H2,1H3,(H,13,14,15);1H. The highest BCUT2D eigenvalue weighted by atomic mass is 35.5. The topological polar surface area (TPSA) is 37.8 Å². The second kappa shape index (κ2) is 4.45. The van der Waals surface area contributed by atoms with Gasteiger partial charge in [0.05, 0.1) is 0 Å². The summed E-state index contributed by atoms with van der Waals surface area (Å²) in [5.41, 5.74) is -0.872. The van der Waals surface area contributed by atoms with Crippen molar-refractivity contribution in [2.45, 2.75) is 24.9 Å². The summed E-state index contributed by atoms with van der Waals surface area (Å²) in [7, 11) is 1.54. The van der Waals surface area contributed by atoms with Crippen molar-refractivity contribution in [3.63, 3.8) is 0 Å². The quantitative estimate of drug-likeness (QED) is 0.881. The molecule has 1 aliphatic rings. The fraction of sp³-hybridized carbons (Fsp3) is 0.556. The summed E-state index contributed by atoms with van der Waals surface area (Å²) in [6, 6.07) is 0.922. The molecule has 16 heavy (non-hydrogen) atoms. The molecule has 0 radical (unpaired) electrons. The van der Waals surface area contributed by atoms with Crippen molar-refractivity contribution in [3.05, 3.63) is 17.6 Å². The molecule has 1 N–H and O–H groups in total. The number of alkyl halides is 3. The molecule has 3 nitrogen and oxygen atoms in total. The lowest BCUT2D eigenvalue weighted by molar-refractivity contribution is -0.141. The van der Waals surface area contributed by atoms with Crippen LogP contribution >= 0.6 is 12.4 Å². The van der Waals surface area contributed by atoms with Gasteiger partial charge in [0.15, 0.2) is 0 Å². The number of nitrogens with zero attached hydrogens (tertiary/aromatic N) is 2.